The van der Waals surface area contributed by atoms with E-state index in [1.165, 1.54) is 0 Å². The van der Waals surface area contributed by atoms with E-state index >= 15 is 0 Å². The summed E-state index contributed by atoms with van der Waals surface area (Å²) in [6, 6.07) is 21.5. The molecule has 0 atom stereocenters. The highest BCUT2D eigenvalue weighted by Crippen LogP contribution is 2.08. The van der Waals surface area contributed by atoms with E-state index in [0.717, 1.165) is 22.8 Å². The van der Waals surface area contributed by atoms with Gasteiger partial charge in [-0.3, -0.25) is 0 Å². The first-order valence-electron chi connectivity index (χ1n) is 6.94. The van der Waals surface area contributed by atoms with E-state index in [1.54, 1.807) is 9.13 Å². The zero-order valence-corrected chi connectivity index (χ0v) is 12.2. The number of para-hydroxylation sites is 2. The lowest BCUT2D eigenvalue weighted by atomic mass is 10.2. The molecule has 0 aliphatic heterocycles. The van der Waals surface area contributed by atoms with Crippen molar-refractivity contribution in [2.24, 2.45) is 0 Å². The topological polar surface area (TPSA) is 25.9 Å². The molecule has 2 aromatic carbocycles. The minimum Gasteiger partial charge on any atom is -0.196 e. The van der Waals surface area contributed by atoms with Crippen LogP contribution in [0.4, 0.5) is 0 Å². The molecule has 0 aliphatic rings. The van der Waals surface area contributed by atoms with Crippen molar-refractivity contribution < 1.29 is 4.57 Å². The van der Waals surface area contributed by atoms with Gasteiger partial charge in [0.15, 0.2) is 0 Å². The molecule has 3 rings (SSSR count). The highest BCUT2D eigenvalue weighted by atomic mass is 16.1. The van der Waals surface area contributed by atoms with Crippen LogP contribution in [0.1, 0.15) is 11.4 Å². The summed E-state index contributed by atoms with van der Waals surface area (Å²) >= 11 is 0. The predicted octanol–water partition coefficient (Wildman–Crippen LogP) is 2.73. The maximum Gasteiger partial charge on any atom is 0.508 e. The molecule has 0 amide bonds. The first-order chi connectivity index (χ1) is 10.2. The van der Waals surface area contributed by atoms with Gasteiger partial charge in [0.2, 0.25) is 0 Å². The molecule has 0 unspecified atom stereocenters. The molecule has 104 valence electrons. The summed E-state index contributed by atoms with van der Waals surface area (Å²) in [5, 5.41) is 0. The highest BCUT2D eigenvalue weighted by Gasteiger charge is 2.20. The Bertz CT molecular complexity index is 754. The molecule has 21 heavy (non-hydrogen) atoms. The third-order valence-electron chi connectivity index (χ3n) is 3.53. The molecule has 0 saturated carbocycles. The zero-order valence-electron chi connectivity index (χ0n) is 12.2. The molecule has 0 spiro atoms. The summed E-state index contributed by atoms with van der Waals surface area (Å²) in [5.41, 5.74) is 3.56. The second-order valence-electron chi connectivity index (χ2n) is 5.05. The second-order valence-corrected chi connectivity index (χ2v) is 5.05. The summed E-state index contributed by atoms with van der Waals surface area (Å²) < 4.78 is 3.47. The Morgan fingerprint density at radius 3 is 2.05 bits per heavy atom. The van der Waals surface area contributed by atoms with Crippen LogP contribution in [0.15, 0.2) is 71.5 Å². The van der Waals surface area contributed by atoms with Crippen molar-refractivity contribution >= 4 is 0 Å². The van der Waals surface area contributed by atoms with Crippen LogP contribution in [-0.2, 0) is 0 Å². The van der Waals surface area contributed by atoms with E-state index < -0.39 is 0 Å². The lowest BCUT2D eigenvalue weighted by Gasteiger charge is -2.08. The number of rotatable bonds is 2. The van der Waals surface area contributed by atoms with Crippen LogP contribution in [0.2, 0.25) is 0 Å². The van der Waals surface area contributed by atoms with E-state index in [9.17, 15) is 4.79 Å². The van der Waals surface area contributed by atoms with Gasteiger partial charge in [0.1, 0.15) is 22.8 Å². The summed E-state index contributed by atoms with van der Waals surface area (Å²) in [6.07, 6.45) is 0. The van der Waals surface area contributed by atoms with Gasteiger partial charge in [-0.2, -0.15) is 13.9 Å². The molecule has 3 heteroatoms. The molecule has 3 aromatic rings. The van der Waals surface area contributed by atoms with Crippen molar-refractivity contribution in [3.63, 3.8) is 0 Å². The van der Waals surface area contributed by atoms with E-state index in [2.05, 4.69) is 0 Å². The monoisotopic (exact) mass is 277 g/mol. The molecule has 0 aliphatic carbocycles. The highest BCUT2D eigenvalue weighted by molar-refractivity contribution is 5.33. The zero-order chi connectivity index (χ0) is 14.8. The fraction of sp³-hybridized carbons (Fsp3) is 0.111. The third-order valence-corrected chi connectivity index (χ3v) is 3.53. The minimum absolute atomic E-state index is 0.0510. The molecule has 1 heterocycles. The third kappa shape index (κ3) is 2.38. The van der Waals surface area contributed by atoms with Gasteiger partial charge in [-0.25, -0.2) is 0 Å². The molecule has 0 saturated heterocycles. The van der Waals surface area contributed by atoms with Crippen LogP contribution < -0.4 is 10.3 Å². The number of hydrogen-bond donors (Lipinski definition) is 0. The smallest absolute Gasteiger partial charge is 0.196 e. The van der Waals surface area contributed by atoms with Crippen molar-refractivity contribution in [2.45, 2.75) is 13.8 Å². The van der Waals surface area contributed by atoms with E-state index in [4.69, 9.17) is 0 Å². The first-order valence-corrected chi connectivity index (χ1v) is 6.94. The number of benzene rings is 2. The SMILES string of the molecule is Cc1cc(C)[n+](-c2ccccc2)c(=O)n1-c1ccccc1. The summed E-state index contributed by atoms with van der Waals surface area (Å²) in [6.45, 7) is 3.91. The molecular weight excluding hydrogens is 260 g/mol. The average Bonchev–Trinajstić information content (AvgIpc) is 2.49. The van der Waals surface area contributed by atoms with Crippen LogP contribution in [0.3, 0.4) is 0 Å². The van der Waals surface area contributed by atoms with E-state index in [-0.39, 0.29) is 5.69 Å². The minimum atomic E-state index is -0.0510. The van der Waals surface area contributed by atoms with Crippen molar-refractivity contribution in [1.82, 2.24) is 4.57 Å². The lowest BCUT2D eigenvalue weighted by molar-refractivity contribution is -0.623. The molecular formula is C18H17N2O+. The fourth-order valence-corrected chi connectivity index (χ4v) is 2.62. The van der Waals surface area contributed by atoms with Gasteiger partial charge in [-0.15, -0.1) is 0 Å². The van der Waals surface area contributed by atoms with Crippen LogP contribution in [0.25, 0.3) is 11.4 Å². The van der Waals surface area contributed by atoms with Crippen LogP contribution in [-0.4, -0.2) is 4.57 Å². The normalized spacial score (nSPS) is 10.6. The Balaban J connectivity index is 2.32. The molecule has 0 N–H and O–H groups in total. The van der Waals surface area contributed by atoms with Crippen molar-refractivity contribution in [3.05, 3.63) is 88.6 Å². The average molecular weight is 277 g/mol. The van der Waals surface area contributed by atoms with Crippen LogP contribution >= 0.6 is 0 Å². The van der Waals surface area contributed by atoms with Crippen molar-refractivity contribution in [3.8, 4) is 11.4 Å². The van der Waals surface area contributed by atoms with Gasteiger partial charge in [0.25, 0.3) is 0 Å². The van der Waals surface area contributed by atoms with Gasteiger partial charge >= 0.3 is 5.69 Å². The predicted molar refractivity (Wildman–Crippen MR) is 83.0 cm³/mol. The summed E-state index contributed by atoms with van der Waals surface area (Å²) in [5.74, 6) is 0. The standard InChI is InChI=1S/C18H17N2O/c1-14-13-15(2)20(17-11-7-4-8-12-17)18(21)19(14)16-9-5-3-6-10-16/h3-13H,1-2H3/q+1. The molecule has 3 nitrogen and oxygen atoms in total. The molecule has 1 aromatic heterocycles. The van der Waals surface area contributed by atoms with Crippen LogP contribution in [0, 0.1) is 13.8 Å². The number of aromatic nitrogens is 2. The largest absolute Gasteiger partial charge is 0.508 e. The number of hydrogen-bond acceptors (Lipinski definition) is 1. The molecule has 0 fully saturated rings. The Morgan fingerprint density at radius 2 is 1.43 bits per heavy atom. The first kappa shape index (κ1) is 13.3. The Hall–Kier alpha value is -2.68. The molecule has 0 radical (unpaired) electrons. The molecule has 0 bridgehead atoms. The van der Waals surface area contributed by atoms with E-state index in [1.807, 2.05) is 80.6 Å². The van der Waals surface area contributed by atoms with Gasteiger partial charge in [0.05, 0.1) is 0 Å². The number of aryl methyl sites for hydroxylation is 2. The summed E-state index contributed by atoms with van der Waals surface area (Å²) in [7, 11) is 0. The van der Waals surface area contributed by atoms with Crippen molar-refractivity contribution in [1.29, 1.82) is 0 Å². The van der Waals surface area contributed by atoms with Gasteiger partial charge in [-0.1, -0.05) is 36.4 Å². The Morgan fingerprint density at radius 1 is 0.857 bits per heavy atom. The summed E-state index contributed by atoms with van der Waals surface area (Å²) in [4.78, 5) is 12.9. The van der Waals surface area contributed by atoms with E-state index in [0.29, 0.717) is 0 Å². The fourth-order valence-electron chi connectivity index (χ4n) is 2.62. The second kappa shape index (κ2) is 5.37. The van der Waals surface area contributed by atoms with Crippen LogP contribution in [0.5, 0.6) is 0 Å². The quantitative estimate of drug-likeness (QED) is 0.661. The Kier molecular flexibility index (Phi) is 3.40. The lowest BCUT2D eigenvalue weighted by Crippen LogP contribution is -2.54. The van der Waals surface area contributed by atoms with Gasteiger partial charge in [-0.05, 0) is 38.1 Å². The maximum atomic E-state index is 12.9. The van der Waals surface area contributed by atoms with Gasteiger partial charge < -0.3 is 0 Å². The van der Waals surface area contributed by atoms with Crippen molar-refractivity contribution in [2.75, 3.05) is 0 Å². The van der Waals surface area contributed by atoms with Gasteiger partial charge in [0, 0.05) is 6.07 Å². The Labute approximate surface area is 123 Å². The number of nitrogens with zero attached hydrogens (tertiary/aromatic N) is 2. The maximum absolute atomic E-state index is 12.9.